The van der Waals surface area contributed by atoms with Gasteiger partial charge in [0.2, 0.25) is 0 Å². The van der Waals surface area contributed by atoms with Crippen molar-refractivity contribution in [3.05, 3.63) is 76.7 Å². The first-order valence-electron chi connectivity index (χ1n) is 7.06. The second-order valence-electron chi connectivity index (χ2n) is 4.99. The van der Waals surface area contributed by atoms with Gasteiger partial charge in [0.25, 0.3) is 5.69 Å². The first-order chi connectivity index (χ1) is 11.6. The van der Waals surface area contributed by atoms with Crippen LogP contribution >= 0.6 is 0 Å². The quantitative estimate of drug-likeness (QED) is 0.418. The fourth-order valence-electron chi connectivity index (χ4n) is 2.37. The third-order valence-electron chi connectivity index (χ3n) is 3.56. The molecule has 2 aromatic carbocycles. The summed E-state index contributed by atoms with van der Waals surface area (Å²) in [5.41, 5.74) is 2.63. The Hall–Kier alpha value is -3.48. The van der Waals surface area contributed by atoms with Crippen molar-refractivity contribution >= 4 is 11.7 Å². The molecule has 1 aromatic heterocycles. The van der Waals surface area contributed by atoms with E-state index in [0.29, 0.717) is 16.8 Å². The molecule has 0 saturated heterocycles. The standard InChI is InChI=1S/C17H13N3O4/c1-24-17(21)12-5-7-14(8-6-12)19-11-18-10-16(19)13-3-2-4-15(9-13)20(22)23/h2-11H,1H3. The molecule has 3 rings (SSSR count). The fraction of sp³-hybridized carbons (Fsp3) is 0.0588. The predicted molar refractivity (Wildman–Crippen MR) is 87.0 cm³/mol. The number of carbonyl (C=O) groups excluding carboxylic acids is 1. The molecule has 120 valence electrons. The number of nitrogens with zero attached hydrogens (tertiary/aromatic N) is 3. The highest BCUT2D eigenvalue weighted by atomic mass is 16.6. The molecule has 0 spiro atoms. The lowest BCUT2D eigenvalue weighted by molar-refractivity contribution is -0.384. The molecule has 0 aliphatic carbocycles. The number of imidazole rings is 1. The van der Waals surface area contributed by atoms with Gasteiger partial charge in [-0.15, -0.1) is 0 Å². The van der Waals surface area contributed by atoms with Crippen molar-refractivity contribution in [2.24, 2.45) is 0 Å². The van der Waals surface area contributed by atoms with Crippen LogP contribution in [0.4, 0.5) is 5.69 Å². The highest BCUT2D eigenvalue weighted by Crippen LogP contribution is 2.26. The largest absolute Gasteiger partial charge is 0.465 e. The second kappa shape index (κ2) is 6.33. The Morgan fingerprint density at radius 1 is 1.21 bits per heavy atom. The molecule has 3 aromatic rings. The molecule has 0 aliphatic rings. The molecule has 0 atom stereocenters. The summed E-state index contributed by atoms with van der Waals surface area (Å²) in [6.07, 6.45) is 3.24. The van der Waals surface area contributed by atoms with Crippen LogP contribution in [0.1, 0.15) is 10.4 Å². The van der Waals surface area contributed by atoms with Crippen LogP contribution in [0, 0.1) is 10.1 Å². The molecule has 7 nitrogen and oxygen atoms in total. The minimum atomic E-state index is -0.435. The van der Waals surface area contributed by atoms with Crippen LogP contribution in [0.5, 0.6) is 0 Å². The van der Waals surface area contributed by atoms with Crippen molar-refractivity contribution in [1.82, 2.24) is 9.55 Å². The lowest BCUT2D eigenvalue weighted by Crippen LogP contribution is -2.02. The van der Waals surface area contributed by atoms with Crippen molar-refractivity contribution in [1.29, 1.82) is 0 Å². The molecule has 0 amide bonds. The van der Waals surface area contributed by atoms with Gasteiger partial charge in [0.05, 0.1) is 35.8 Å². The molecule has 0 bridgehead atoms. The summed E-state index contributed by atoms with van der Waals surface area (Å²) in [5.74, 6) is -0.411. The van der Waals surface area contributed by atoms with Gasteiger partial charge in [-0.2, -0.15) is 0 Å². The monoisotopic (exact) mass is 323 g/mol. The number of aromatic nitrogens is 2. The first-order valence-corrected chi connectivity index (χ1v) is 7.06. The number of carbonyl (C=O) groups is 1. The van der Waals surface area contributed by atoms with E-state index >= 15 is 0 Å². The minimum absolute atomic E-state index is 0.0151. The average molecular weight is 323 g/mol. The molecular weight excluding hydrogens is 310 g/mol. The van der Waals surface area contributed by atoms with E-state index in [2.05, 4.69) is 9.72 Å². The van der Waals surface area contributed by atoms with Crippen LogP contribution in [0.2, 0.25) is 0 Å². The van der Waals surface area contributed by atoms with Crippen LogP contribution in [-0.4, -0.2) is 27.6 Å². The molecule has 0 fully saturated rings. The molecule has 0 radical (unpaired) electrons. The van der Waals surface area contributed by atoms with Gasteiger partial charge >= 0.3 is 5.97 Å². The number of ether oxygens (including phenoxy) is 1. The fourth-order valence-corrected chi connectivity index (χ4v) is 2.37. The average Bonchev–Trinajstić information content (AvgIpc) is 3.11. The third-order valence-corrected chi connectivity index (χ3v) is 3.56. The lowest BCUT2D eigenvalue weighted by Gasteiger charge is -2.09. The summed E-state index contributed by atoms with van der Waals surface area (Å²) in [7, 11) is 1.33. The molecule has 1 heterocycles. The van der Waals surface area contributed by atoms with Gasteiger partial charge in [-0.05, 0) is 24.3 Å². The van der Waals surface area contributed by atoms with E-state index in [0.717, 1.165) is 5.69 Å². The maximum absolute atomic E-state index is 11.5. The van der Waals surface area contributed by atoms with Crippen LogP contribution < -0.4 is 0 Å². The zero-order valence-electron chi connectivity index (χ0n) is 12.7. The zero-order chi connectivity index (χ0) is 17.1. The van der Waals surface area contributed by atoms with E-state index in [9.17, 15) is 14.9 Å². The Kier molecular flexibility index (Phi) is 4.07. The highest BCUT2D eigenvalue weighted by molar-refractivity contribution is 5.89. The van der Waals surface area contributed by atoms with Gasteiger partial charge in [0.1, 0.15) is 0 Å². The van der Waals surface area contributed by atoms with Gasteiger partial charge in [-0.1, -0.05) is 12.1 Å². The minimum Gasteiger partial charge on any atom is -0.465 e. The van der Waals surface area contributed by atoms with Crippen molar-refractivity contribution in [3.8, 4) is 16.9 Å². The van der Waals surface area contributed by atoms with Crippen LogP contribution in [0.3, 0.4) is 0 Å². The molecule has 0 saturated carbocycles. The summed E-state index contributed by atoms with van der Waals surface area (Å²) < 4.78 is 6.47. The number of non-ortho nitro benzene ring substituents is 1. The Morgan fingerprint density at radius 2 is 1.96 bits per heavy atom. The van der Waals surface area contributed by atoms with Gasteiger partial charge in [-0.3, -0.25) is 14.7 Å². The van der Waals surface area contributed by atoms with E-state index in [1.807, 2.05) is 0 Å². The number of methoxy groups -OCH3 is 1. The predicted octanol–water partition coefficient (Wildman–Crippen LogP) is 3.23. The van der Waals surface area contributed by atoms with E-state index in [-0.39, 0.29) is 5.69 Å². The normalized spacial score (nSPS) is 10.4. The molecule has 0 aliphatic heterocycles. The number of esters is 1. The Bertz CT molecular complexity index is 900. The maximum atomic E-state index is 11.5. The molecular formula is C17H13N3O4. The number of hydrogen-bond acceptors (Lipinski definition) is 5. The number of nitro benzene ring substituents is 1. The van der Waals surface area contributed by atoms with Crippen molar-refractivity contribution in [3.63, 3.8) is 0 Å². The SMILES string of the molecule is COC(=O)c1ccc(-n2cncc2-c2cccc([N+](=O)[O-])c2)cc1. The smallest absolute Gasteiger partial charge is 0.337 e. The lowest BCUT2D eigenvalue weighted by atomic mass is 10.1. The third kappa shape index (κ3) is 2.87. The summed E-state index contributed by atoms with van der Waals surface area (Å²) >= 11 is 0. The van der Waals surface area contributed by atoms with Gasteiger partial charge < -0.3 is 4.74 Å². The molecule has 7 heteroatoms. The maximum Gasteiger partial charge on any atom is 0.337 e. The van der Waals surface area contributed by atoms with Crippen LogP contribution in [-0.2, 0) is 4.74 Å². The number of rotatable bonds is 4. The Balaban J connectivity index is 2.00. The summed E-state index contributed by atoms with van der Waals surface area (Å²) in [6, 6.07) is 13.2. The van der Waals surface area contributed by atoms with Crippen LogP contribution in [0.15, 0.2) is 61.1 Å². The number of hydrogen-bond donors (Lipinski definition) is 0. The van der Waals surface area contributed by atoms with Crippen molar-refractivity contribution < 1.29 is 14.5 Å². The number of benzene rings is 2. The first kappa shape index (κ1) is 15.4. The van der Waals surface area contributed by atoms with Gasteiger partial charge in [-0.25, -0.2) is 9.78 Å². The van der Waals surface area contributed by atoms with Crippen molar-refractivity contribution in [2.45, 2.75) is 0 Å². The van der Waals surface area contributed by atoms with E-state index < -0.39 is 10.9 Å². The topological polar surface area (TPSA) is 87.3 Å². The van der Waals surface area contributed by atoms with E-state index in [1.54, 1.807) is 53.5 Å². The van der Waals surface area contributed by atoms with Crippen molar-refractivity contribution in [2.75, 3.05) is 7.11 Å². The second-order valence-corrected chi connectivity index (χ2v) is 4.99. The Labute approximate surface area is 137 Å². The van der Waals surface area contributed by atoms with E-state index in [1.165, 1.54) is 19.2 Å². The summed E-state index contributed by atoms with van der Waals surface area (Å²) in [6.45, 7) is 0. The molecule has 24 heavy (non-hydrogen) atoms. The number of nitro groups is 1. The summed E-state index contributed by atoms with van der Waals surface area (Å²) in [4.78, 5) is 26.1. The molecule has 0 N–H and O–H groups in total. The molecule has 0 unspecified atom stereocenters. The zero-order valence-corrected chi connectivity index (χ0v) is 12.7. The summed E-state index contributed by atoms with van der Waals surface area (Å²) in [5, 5.41) is 10.9. The van der Waals surface area contributed by atoms with Gasteiger partial charge in [0, 0.05) is 23.4 Å². The Morgan fingerprint density at radius 3 is 2.62 bits per heavy atom. The van der Waals surface area contributed by atoms with E-state index in [4.69, 9.17) is 0 Å². The van der Waals surface area contributed by atoms with Gasteiger partial charge in [0.15, 0.2) is 0 Å². The highest BCUT2D eigenvalue weighted by Gasteiger charge is 2.12. The van der Waals surface area contributed by atoms with Crippen LogP contribution in [0.25, 0.3) is 16.9 Å².